The van der Waals surface area contributed by atoms with Crippen molar-refractivity contribution in [3.63, 3.8) is 0 Å². The number of aryl methyl sites for hydroxylation is 1. The summed E-state index contributed by atoms with van der Waals surface area (Å²) in [6, 6.07) is 10.4. The molecule has 0 saturated carbocycles. The van der Waals surface area contributed by atoms with Crippen molar-refractivity contribution < 1.29 is 70.4 Å². The van der Waals surface area contributed by atoms with E-state index in [9.17, 15) is 28.8 Å². The maximum Gasteiger partial charge on any atom is 0.357 e. The Morgan fingerprint density at radius 1 is 0.569 bits per heavy atom. The van der Waals surface area contributed by atoms with Crippen molar-refractivity contribution in [2.45, 2.75) is 196 Å². The molecular weight excluding hydrogens is 931 g/mol. The van der Waals surface area contributed by atoms with Crippen LogP contribution in [0.5, 0.6) is 0 Å². The van der Waals surface area contributed by atoms with Crippen molar-refractivity contribution in [3.8, 4) is 0 Å². The standard InChI is InChI=1S/C13H15NO5.C12H13NO5.C7H7NO.C6H10O4.2C3H8.5C2H6/c1-3-4-12(15)18-8(2)19-13(16)10-7-11-9(14-10)5-6-17-11;1-3-11(17-7(2)14)18-12(15)9-6-10-8(13-9)4-5-16-10;1-5-4-7-6(8-5)2-3-9-7;1-2-3-6(8)10-5-9-4-7;2*1-3-2;5*1-2/h5-8,14H,3-4H2,1-2H3;4-6,11,13H,3H2,1-2H3;2-4,8H,1H3;4H,2-3,5H2,1H3;2*3H2,1-2H3;5*1-2H3. The monoisotopic (exact) mass is 1020 g/mol. The number of aromatic nitrogens is 3. The lowest BCUT2D eigenvalue weighted by atomic mass is 10.3. The second-order valence-corrected chi connectivity index (χ2v) is 13.0. The van der Waals surface area contributed by atoms with Gasteiger partial charge in [0.05, 0.1) is 35.3 Å². The van der Waals surface area contributed by atoms with Gasteiger partial charge in [-0.15, -0.1) is 0 Å². The van der Waals surface area contributed by atoms with E-state index < -0.39 is 30.5 Å². The Morgan fingerprint density at radius 3 is 1.32 bits per heavy atom. The van der Waals surface area contributed by atoms with Crippen LogP contribution in [-0.2, 0) is 47.6 Å². The van der Waals surface area contributed by atoms with Gasteiger partial charge < -0.3 is 56.6 Å². The molecular formula is C54H91N3O15. The normalized spacial score (nSPS) is 9.78. The molecule has 0 saturated heterocycles. The molecule has 0 amide bonds. The summed E-state index contributed by atoms with van der Waals surface area (Å²) in [5, 5.41) is 0. The highest BCUT2D eigenvalue weighted by molar-refractivity contribution is 5.94. The number of aromatic amines is 3. The Bertz CT molecular complexity index is 2100. The third-order valence-corrected chi connectivity index (χ3v) is 7.00. The molecule has 6 aromatic heterocycles. The molecule has 0 fully saturated rings. The third kappa shape index (κ3) is 34.6. The summed E-state index contributed by atoms with van der Waals surface area (Å²) in [6.45, 7) is 38.7. The van der Waals surface area contributed by atoms with Crippen molar-refractivity contribution in [1.29, 1.82) is 0 Å². The molecule has 0 aromatic carbocycles. The van der Waals surface area contributed by atoms with Crippen LogP contribution in [0.4, 0.5) is 0 Å². The number of ether oxygens (including phenoxy) is 6. The van der Waals surface area contributed by atoms with Gasteiger partial charge in [-0.1, -0.05) is 131 Å². The maximum absolute atomic E-state index is 11.8. The first-order valence-corrected chi connectivity index (χ1v) is 25.3. The molecule has 0 radical (unpaired) electrons. The number of carbonyl (C=O) groups is 6. The molecule has 412 valence electrons. The number of hydrogen-bond donors (Lipinski definition) is 3. The SMILES string of the molecule is CC.CC.CC.CC.CC.CCC.CCC.CCC(OC(C)=O)OC(=O)c1cc2occc2[nH]1.CCCC(=O)OC(C)OC(=O)c1cc2occc2[nH]1.CCCC(=O)OCOC=O.Cc1cc2occc2[nH]1. The fourth-order valence-electron chi connectivity index (χ4n) is 4.55. The van der Waals surface area contributed by atoms with E-state index in [1.54, 1.807) is 25.3 Å². The largest absolute Gasteiger partial charge is 0.463 e. The number of fused-ring (bicyclic) bond motifs is 3. The number of hydrogen-bond acceptors (Lipinski definition) is 15. The molecule has 6 heterocycles. The molecule has 18 heteroatoms. The van der Waals surface area contributed by atoms with Gasteiger partial charge in [-0.2, -0.15) is 0 Å². The van der Waals surface area contributed by atoms with Crippen molar-refractivity contribution in [2.24, 2.45) is 0 Å². The van der Waals surface area contributed by atoms with Crippen molar-refractivity contribution in [1.82, 2.24) is 15.0 Å². The Balaban J connectivity index is -0.000000260. The minimum Gasteiger partial charge on any atom is -0.463 e. The molecule has 0 aliphatic heterocycles. The van der Waals surface area contributed by atoms with E-state index in [2.05, 4.69) is 52.1 Å². The van der Waals surface area contributed by atoms with E-state index in [-0.39, 0.29) is 36.6 Å². The predicted octanol–water partition coefficient (Wildman–Crippen LogP) is 15.3. The summed E-state index contributed by atoms with van der Waals surface area (Å²) in [4.78, 5) is 74.5. The van der Waals surface area contributed by atoms with Gasteiger partial charge in [-0.3, -0.25) is 19.2 Å². The zero-order valence-electron chi connectivity index (χ0n) is 47.2. The van der Waals surface area contributed by atoms with Gasteiger partial charge in [0.2, 0.25) is 19.4 Å². The predicted molar refractivity (Wildman–Crippen MR) is 285 cm³/mol. The van der Waals surface area contributed by atoms with Crippen LogP contribution in [0.2, 0.25) is 0 Å². The number of nitrogens with one attached hydrogen (secondary N) is 3. The van der Waals surface area contributed by atoms with Crippen LogP contribution in [0.3, 0.4) is 0 Å². The summed E-state index contributed by atoms with van der Waals surface area (Å²) in [5.41, 5.74) is 6.24. The highest BCUT2D eigenvalue weighted by Crippen LogP contribution is 2.19. The van der Waals surface area contributed by atoms with Gasteiger partial charge in [0.25, 0.3) is 6.47 Å². The summed E-state index contributed by atoms with van der Waals surface area (Å²) < 4.78 is 43.7. The summed E-state index contributed by atoms with van der Waals surface area (Å²) >= 11 is 0. The average Bonchev–Trinajstić information content (AvgIpc) is 4.24. The Hall–Kier alpha value is -6.72. The van der Waals surface area contributed by atoms with E-state index in [1.165, 1.54) is 51.3 Å². The van der Waals surface area contributed by atoms with Gasteiger partial charge in [-0.25, -0.2) is 9.59 Å². The van der Waals surface area contributed by atoms with Gasteiger partial charge in [0.1, 0.15) is 11.4 Å². The topological polar surface area (TPSA) is 245 Å². The zero-order chi connectivity index (χ0) is 56.5. The quantitative estimate of drug-likeness (QED) is 0.0302. The van der Waals surface area contributed by atoms with Gasteiger partial charge in [-0.05, 0) is 19.8 Å². The first kappa shape index (κ1) is 74.2. The van der Waals surface area contributed by atoms with E-state index in [1.807, 2.05) is 102 Å². The average molecular weight is 1020 g/mol. The third-order valence-electron chi connectivity index (χ3n) is 7.00. The summed E-state index contributed by atoms with van der Waals surface area (Å²) in [6.07, 6.45) is 7.91. The second kappa shape index (κ2) is 50.7. The maximum atomic E-state index is 11.8. The fraction of sp³-hybridized carbons (Fsp3) is 0.556. The number of H-pyrrole nitrogens is 3. The van der Waals surface area contributed by atoms with Crippen LogP contribution in [0.1, 0.15) is 203 Å². The molecule has 0 spiro atoms. The van der Waals surface area contributed by atoms with Crippen LogP contribution in [0.25, 0.3) is 33.3 Å². The first-order chi connectivity index (χ1) is 34.7. The van der Waals surface area contributed by atoms with Gasteiger partial charge in [0, 0.05) is 75.2 Å². The molecule has 6 rings (SSSR count). The Kier molecular flexibility index (Phi) is 52.2. The first-order valence-electron chi connectivity index (χ1n) is 25.3. The minimum atomic E-state index is -0.916. The van der Waals surface area contributed by atoms with Crippen LogP contribution in [0.15, 0.2) is 68.4 Å². The fourth-order valence-corrected chi connectivity index (χ4v) is 4.55. The van der Waals surface area contributed by atoms with E-state index in [4.69, 9.17) is 32.2 Å². The smallest absolute Gasteiger partial charge is 0.357 e. The molecule has 3 N–H and O–H groups in total. The number of furan rings is 3. The molecule has 0 bridgehead atoms. The van der Waals surface area contributed by atoms with Crippen LogP contribution in [-0.4, -0.2) is 70.6 Å². The van der Waals surface area contributed by atoms with Crippen molar-refractivity contribution >= 4 is 69.6 Å². The Morgan fingerprint density at radius 2 is 0.958 bits per heavy atom. The van der Waals surface area contributed by atoms with E-state index >= 15 is 0 Å². The number of esters is 5. The summed E-state index contributed by atoms with van der Waals surface area (Å²) in [5.74, 6) is -2.40. The lowest BCUT2D eigenvalue weighted by molar-refractivity contribution is -0.167. The molecule has 0 aliphatic carbocycles. The zero-order valence-corrected chi connectivity index (χ0v) is 47.2. The molecule has 0 aliphatic rings. The lowest BCUT2D eigenvalue weighted by Crippen LogP contribution is -2.23. The Labute approximate surface area is 428 Å². The molecule has 2 atom stereocenters. The van der Waals surface area contributed by atoms with E-state index in [0.717, 1.165) is 23.2 Å². The highest BCUT2D eigenvalue weighted by Gasteiger charge is 2.20. The highest BCUT2D eigenvalue weighted by atomic mass is 16.7. The molecule has 72 heavy (non-hydrogen) atoms. The van der Waals surface area contributed by atoms with Crippen molar-refractivity contribution in [2.75, 3.05) is 6.79 Å². The van der Waals surface area contributed by atoms with Crippen molar-refractivity contribution in [3.05, 3.63) is 72.3 Å². The van der Waals surface area contributed by atoms with Crippen LogP contribution in [0, 0.1) is 6.92 Å². The minimum absolute atomic E-state index is 0.235. The van der Waals surface area contributed by atoms with E-state index in [0.29, 0.717) is 47.9 Å². The lowest BCUT2D eigenvalue weighted by Gasteiger charge is -2.14. The number of carbonyl (C=O) groups excluding carboxylic acids is 6. The summed E-state index contributed by atoms with van der Waals surface area (Å²) in [7, 11) is 0. The molecule has 2 unspecified atom stereocenters. The molecule has 6 aromatic rings. The van der Waals surface area contributed by atoms with Crippen LogP contribution >= 0.6 is 0 Å². The second-order valence-electron chi connectivity index (χ2n) is 13.0. The number of rotatable bonds is 14. The molecule has 18 nitrogen and oxygen atoms in total. The van der Waals surface area contributed by atoms with Gasteiger partial charge in [0.15, 0.2) is 16.7 Å². The van der Waals surface area contributed by atoms with Gasteiger partial charge >= 0.3 is 29.8 Å². The van der Waals surface area contributed by atoms with Crippen LogP contribution < -0.4 is 0 Å².